The minimum atomic E-state index is 0.501. The third-order valence-corrected chi connectivity index (χ3v) is 2.96. The van der Waals surface area contributed by atoms with Crippen molar-refractivity contribution in [3.63, 3.8) is 0 Å². The fourth-order valence-electron chi connectivity index (χ4n) is 1.81. The Morgan fingerprint density at radius 1 is 1.19 bits per heavy atom. The zero-order chi connectivity index (χ0) is 12.0. The molecule has 0 radical (unpaired) electrons. The van der Waals surface area contributed by atoms with Crippen molar-refractivity contribution in [2.45, 2.75) is 33.2 Å². The van der Waals surface area contributed by atoms with E-state index in [1.165, 1.54) is 5.69 Å². The molecule has 3 heteroatoms. The molecule has 0 saturated heterocycles. The topological polar surface area (TPSA) is 29.3 Å². The molecule has 0 aliphatic rings. The van der Waals surface area contributed by atoms with Gasteiger partial charge in [0.05, 0.1) is 0 Å². The van der Waals surface area contributed by atoms with E-state index in [9.17, 15) is 0 Å². The van der Waals surface area contributed by atoms with Gasteiger partial charge in [0.2, 0.25) is 0 Å². The summed E-state index contributed by atoms with van der Waals surface area (Å²) in [5.74, 6) is 0. The number of anilines is 1. The van der Waals surface area contributed by atoms with E-state index >= 15 is 0 Å². The van der Waals surface area contributed by atoms with Crippen molar-refractivity contribution in [3.8, 4) is 0 Å². The minimum absolute atomic E-state index is 0.501. The lowest BCUT2D eigenvalue weighted by Crippen LogP contribution is -2.24. The lowest BCUT2D eigenvalue weighted by molar-refractivity contribution is 0.745. The quantitative estimate of drug-likeness (QED) is 0.826. The standard InChI is InChI=1S/C13H21ClN2/c1-3-7-16(8-4-2)12-6-5-11(10-15)13(14)9-12/h5-6,9H,3-4,7-8,10,15H2,1-2H3. The SMILES string of the molecule is CCCN(CCC)c1ccc(CN)c(Cl)c1. The predicted molar refractivity (Wildman–Crippen MR) is 72.1 cm³/mol. The second-order valence-electron chi connectivity index (χ2n) is 3.97. The summed E-state index contributed by atoms with van der Waals surface area (Å²) in [5, 5.41) is 0.775. The number of benzene rings is 1. The monoisotopic (exact) mass is 240 g/mol. The highest BCUT2D eigenvalue weighted by atomic mass is 35.5. The maximum atomic E-state index is 6.17. The van der Waals surface area contributed by atoms with Gasteiger partial charge in [0, 0.05) is 30.3 Å². The van der Waals surface area contributed by atoms with Crippen LogP contribution in [0.15, 0.2) is 18.2 Å². The first kappa shape index (κ1) is 13.3. The number of nitrogens with zero attached hydrogens (tertiary/aromatic N) is 1. The highest BCUT2D eigenvalue weighted by Crippen LogP contribution is 2.23. The molecule has 0 fully saturated rings. The van der Waals surface area contributed by atoms with Gasteiger partial charge in [0.15, 0.2) is 0 Å². The average Bonchev–Trinajstić information content (AvgIpc) is 2.28. The van der Waals surface area contributed by atoms with Gasteiger partial charge < -0.3 is 10.6 Å². The molecular formula is C13H21ClN2. The first-order valence-corrected chi connectivity index (χ1v) is 6.34. The summed E-state index contributed by atoms with van der Waals surface area (Å²) in [6, 6.07) is 6.16. The molecule has 0 amide bonds. The molecule has 0 bridgehead atoms. The van der Waals surface area contributed by atoms with Gasteiger partial charge in [-0.15, -0.1) is 0 Å². The normalized spacial score (nSPS) is 10.5. The van der Waals surface area contributed by atoms with E-state index in [0.29, 0.717) is 6.54 Å². The fourth-order valence-corrected chi connectivity index (χ4v) is 2.06. The molecule has 0 saturated carbocycles. The smallest absolute Gasteiger partial charge is 0.0471 e. The number of hydrogen-bond donors (Lipinski definition) is 1. The molecule has 0 spiro atoms. The lowest BCUT2D eigenvalue weighted by Gasteiger charge is -2.24. The van der Waals surface area contributed by atoms with Crippen LogP contribution in [0, 0.1) is 0 Å². The van der Waals surface area contributed by atoms with Gasteiger partial charge in [-0.2, -0.15) is 0 Å². The molecule has 0 aliphatic carbocycles. The van der Waals surface area contributed by atoms with Gasteiger partial charge >= 0.3 is 0 Å². The Bertz CT molecular complexity index is 320. The van der Waals surface area contributed by atoms with Gasteiger partial charge in [-0.3, -0.25) is 0 Å². The second kappa shape index (κ2) is 6.77. The first-order valence-electron chi connectivity index (χ1n) is 5.96. The summed E-state index contributed by atoms with van der Waals surface area (Å²) in [6.45, 7) is 7.04. The number of hydrogen-bond acceptors (Lipinski definition) is 2. The number of nitrogens with two attached hydrogens (primary N) is 1. The van der Waals surface area contributed by atoms with E-state index in [4.69, 9.17) is 17.3 Å². The van der Waals surface area contributed by atoms with Crippen molar-refractivity contribution >= 4 is 17.3 Å². The van der Waals surface area contributed by atoms with Crippen LogP contribution in [0.25, 0.3) is 0 Å². The molecule has 16 heavy (non-hydrogen) atoms. The minimum Gasteiger partial charge on any atom is -0.372 e. The van der Waals surface area contributed by atoms with Gasteiger partial charge in [-0.25, -0.2) is 0 Å². The second-order valence-corrected chi connectivity index (χ2v) is 4.37. The zero-order valence-electron chi connectivity index (χ0n) is 10.2. The highest BCUT2D eigenvalue weighted by molar-refractivity contribution is 6.31. The zero-order valence-corrected chi connectivity index (χ0v) is 10.9. The molecule has 2 nitrogen and oxygen atoms in total. The van der Waals surface area contributed by atoms with E-state index in [1.54, 1.807) is 0 Å². The number of rotatable bonds is 6. The molecule has 1 rings (SSSR count). The average molecular weight is 241 g/mol. The Balaban J connectivity index is 2.87. The Kier molecular flexibility index (Phi) is 5.64. The molecule has 0 atom stereocenters. The maximum Gasteiger partial charge on any atom is 0.0471 e. The van der Waals surface area contributed by atoms with Crippen molar-refractivity contribution in [2.24, 2.45) is 5.73 Å². The van der Waals surface area contributed by atoms with E-state index in [0.717, 1.165) is 36.5 Å². The first-order chi connectivity index (χ1) is 7.72. The van der Waals surface area contributed by atoms with Crippen LogP contribution in [-0.4, -0.2) is 13.1 Å². The lowest BCUT2D eigenvalue weighted by atomic mass is 10.2. The third kappa shape index (κ3) is 3.39. The Morgan fingerprint density at radius 3 is 2.25 bits per heavy atom. The summed E-state index contributed by atoms with van der Waals surface area (Å²) in [5.41, 5.74) is 7.81. The van der Waals surface area contributed by atoms with Crippen molar-refractivity contribution in [1.82, 2.24) is 0 Å². The number of halogens is 1. The van der Waals surface area contributed by atoms with Gasteiger partial charge in [-0.05, 0) is 30.5 Å². The van der Waals surface area contributed by atoms with Crippen LogP contribution in [-0.2, 0) is 6.54 Å². The fraction of sp³-hybridized carbons (Fsp3) is 0.538. The van der Waals surface area contributed by atoms with Crippen LogP contribution in [0.5, 0.6) is 0 Å². The van der Waals surface area contributed by atoms with Crippen LogP contribution >= 0.6 is 11.6 Å². The molecule has 2 N–H and O–H groups in total. The molecule has 0 aromatic heterocycles. The van der Waals surface area contributed by atoms with Gasteiger partial charge in [0.25, 0.3) is 0 Å². The molecule has 90 valence electrons. The Labute approximate surface area is 103 Å². The van der Waals surface area contributed by atoms with Crippen LogP contribution < -0.4 is 10.6 Å². The van der Waals surface area contributed by atoms with E-state index < -0.39 is 0 Å². The summed E-state index contributed by atoms with van der Waals surface area (Å²) in [7, 11) is 0. The van der Waals surface area contributed by atoms with E-state index in [2.05, 4.69) is 24.8 Å². The summed E-state index contributed by atoms with van der Waals surface area (Å²) < 4.78 is 0. The van der Waals surface area contributed by atoms with Gasteiger partial charge in [0.1, 0.15) is 0 Å². The summed E-state index contributed by atoms with van der Waals surface area (Å²) >= 11 is 6.17. The highest BCUT2D eigenvalue weighted by Gasteiger charge is 2.06. The molecule has 0 heterocycles. The Morgan fingerprint density at radius 2 is 1.81 bits per heavy atom. The predicted octanol–water partition coefficient (Wildman–Crippen LogP) is 3.43. The molecule has 1 aromatic rings. The van der Waals surface area contributed by atoms with Crippen LogP contribution in [0.3, 0.4) is 0 Å². The molecule has 0 unspecified atom stereocenters. The van der Waals surface area contributed by atoms with Crippen LogP contribution in [0.1, 0.15) is 32.3 Å². The van der Waals surface area contributed by atoms with Crippen LogP contribution in [0.4, 0.5) is 5.69 Å². The molecule has 0 aliphatic heterocycles. The van der Waals surface area contributed by atoms with E-state index in [1.807, 2.05) is 12.1 Å². The molecule has 1 aromatic carbocycles. The molecular weight excluding hydrogens is 220 g/mol. The summed E-state index contributed by atoms with van der Waals surface area (Å²) in [6.07, 6.45) is 2.30. The third-order valence-electron chi connectivity index (χ3n) is 2.61. The summed E-state index contributed by atoms with van der Waals surface area (Å²) in [4.78, 5) is 2.37. The van der Waals surface area contributed by atoms with Crippen molar-refractivity contribution in [1.29, 1.82) is 0 Å². The van der Waals surface area contributed by atoms with Crippen molar-refractivity contribution < 1.29 is 0 Å². The van der Waals surface area contributed by atoms with Crippen molar-refractivity contribution in [2.75, 3.05) is 18.0 Å². The van der Waals surface area contributed by atoms with Crippen LogP contribution in [0.2, 0.25) is 5.02 Å². The van der Waals surface area contributed by atoms with Gasteiger partial charge in [-0.1, -0.05) is 31.5 Å². The van der Waals surface area contributed by atoms with E-state index in [-0.39, 0.29) is 0 Å². The largest absolute Gasteiger partial charge is 0.372 e. The maximum absolute atomic E-state index is 6.17. The Hall–Kier alpha value is -0.730. The van der Waals surface area contributed by atoms with Crippen molar-refractivity contribution in [3.05, 3.63) is 28.8 Å².